The van der Waals surface area contributed by atoms with Gasteiger partial charge in [-0.25, -0.2) is 4.79 Å². The summed E-state index contributed by atoms with van der Waals surface area (Å²) in [5, 5.41) is 2.97. The monoisotopic (exact) mass is 398 g/mol. The quantitative estimate of drug-likeness (QED) is 0.771. The molecule has 1 saturated heterocycles. The highest BCUT2D eigenvalue weighted by molar-refractivity contribution is 5.68. The summed E-state index contributed by atoms with van der Waals surface area (Å²) in [6, 6.07) is 15.8. The van der Waals surface area contributed by atoms with E-state index in [0.29, 0.717) is 11.5 Å². The summed E-state index contributed by atoms with van der Waals surface area (Å²) in [6.45, 7) is 8.14. The maximum atomic E-state index is 12.0. The van der Waals surface area contributed by atoms with Crippen molar-refractivity contribution >= 4 is 6.09 Å². The minimum atomic E-state index is -0.482. The van der Waals surface area contributed by atoms with Gasteiger partial charge in [-0.3, -0.25) is 4.90 Å². The van der Waals surface area contributed by atoms with E-state index in [2.05, 4.69) is 16.3 Å². The molecule has 6 nitrogen and oxygen atoms in total. The van der Waals surface area contributed by atoms with Crippen LogP contribution < -0.4 is 14.8 Å². The van der Waals surface area contributed by atoms with Crippen molar-refractivity contribution < 1.29 is 19.0 Å². The molecule has 1 N–H and O–H groups in total. The molecule has 1 atom stereocenters. The predicted octanol–water partition coefficient (Wildman–Crippen LogP) is 4.59. The first-order valence-corrected chi connectivity index (χ1v) is 9.94. The van der Waals surface area contributed by atoms with Crippen molar-refractivity contribution in [2.24, 2.45) is 0 Å². The van der Waals surface area contributed by atoms with Crippen molar-refractivity contribution in [2.75, 3.05) is 20.2 Å². The van der Waals surface area contributed by atoms with Gasteiger partial charge in [-0.05, 0) is 57.0 Å². The molecule has 6 heteroatoms. The van der Waals surface area contributed by atoms with Gasteiger partial charge in [0.1, 0.15) is 11.4 Å². The highest BCUT2D eigenvalue weighted by atomic mass is 16.6. The highest BCUT2D eigenvalue weighted by Crippen LogP contribution is 2.31. The number of hydrogen-bond donors (Lipinski definition) is 1. The Balaban J connectivity index is 1.55. The van der Waals surface area contributed by atoms with Crippen molar-refractivity contribution in [3.8, 4) is 17.2 Å². The minimum Gasteiger partial charge on any atom is -0.493 e. The molecule has 0 saturated carbocycles. The van der Waals surface area contributed by atoms with Crippen LogP contribution in [0.15, 0.2) is 48.5 Å². The molecule has 1 heterocycles. The fourth-order valence-electron chi connectivity index (χ4n) is 3.36. The molecule has 0 bridgehead atoms. The first-order valence-electron chi connectivity index (χ1n) is 9.94. The van der Waals surface area contributed by atoms with Gasteiger partial charge in [-0.15, -0.1) is 0 Å². The lowest BCUT2D eigenvalue weighted by Gasteiger charge is -2.22. The molecule has 1 unspecified atom stereocenters. The molecule has 1 amide bonds. The van der Waals surface area contributed by atoms with Crippen LogP contribution in [0.4, 0.5) is 4.79 Å². The van der Waals surface area contributed by atoms with Crippen LogP contribution in [0.2, 0.25) is 0 Å². The molecule has 1 fully saturated rings. The predicted molar refractivity (Wildman–Crippen MR) is 113 cm³/mol. The van der Waals surface area contributed by atoms with Crippen LogP contribution in [-0.2, 0) is 11.3 Å². The number of methoxy groups -OCH3 is 1. The Kier molecular flexibility index (Phi) is 6.64. The lowest BCUT2D eigenvalue weighted by atomic mass is 10.2. The lowest BCUT2D eigenvalue weighted by molar-refractivity contribution is 0.0505. The number of alkyl carbamates (subject to hydrolysis) is 1. The van der Waals surface area contributed by atoms with Crippen molar-refractivity contribution in [3.63, 3.8) is 0 Å². The SMILES string of the molecule is COc1ccccc1Oc1cccc(CN2CCC(NC(=O)OC(C)(C)C)C2)c1. The molecule has 0 spiro atoms. The second-order valence-corrected chi connectivity index (χ2v) is 8.27. The second kappa shape index (κ2) is 9.18. The minimum absolute atomic E-state index is 0.109. The third-order valence-corrected chi connectivity index (χ3v) is 4.59. The first-order chi connectivity index (χ1) is 13.8. The first kappa shape index (κ1) is 21.0. The van der Waals surface area contributed by atoms with Gasteiger partial charge in [0.25, 0.3) is 0 Å². The molecule has 0 aliphatic carbocycles. The Bertz CT molecular complexity index is 832. The Morgan fingerprint density at radius 3 is 2.62 bits per heavy atom. The summed E-state index contributed by atoms with van der Waals surface area (Å²) in [7, 11) is 1.63. The normalized spacial score (nSPS) is 17.0. The summed E-state index contributed by atoms with van der Waals surface area (Å²) in [4.78, 5) is 14.3. The van der Waals surface area contributed by atoms with E-state index in [0.717, 1.165) is 37.4 Å². The largest absolute Gasteiger partial charge is 0.493 e. The van der Waals surface area contributed by atoms with E-state index < -0.39 is 5.60 Å². The van der Waals surface area contributed by atoms with Crippen molar-refractivity contribution in [3.05, 3.63) is 54.1 Å². The number of benzene rings is 2. The highest BCUT2D eigenvalue weighted by Gasteiger charge is 2.26. The maximum absolute atomic E-state index is 12.0. The topological polar surface area (TPSA) is 60.0 Å². The molecule has 1 aliphatic heterocycles. The third-order valence-electron chi connectivity index (χ3n) is 4.59. The molecular formula is C23H30N2O4. The number of amides is 1. The molecule has 0 radical (unpaired) electrons. The van der Waals surface area contributed by atoms with Crippen molar-refractivity contribution in [1.82, 2.24) is 10.2 Å². The summed E-state index contributed by atoms with van der Waals surface area (Å²) >= 11 is 0. The molecule has 2 aromatic carbocycles. The van der Waals surface area contributed by atoms with Crippen LogP contribution in [-0.4, -0.2) is 42.8 Å². The van der Waals surface area contributed by atoms with Gasteiger partial charge in [0, 0.05) is 25.7 Å². The summed E-state index contributed by atoms with van der Waals surface area (Å²) in [6.07, 6.45) is 0.563. The number of likely N-dealkylation sites (tertiary alicyclic amines) is 1. The molecule has 29 heavy (non-hydrogen) atoms. The lowest BCUT2D eigenvalue weighted by Crippen LogP contribution is -2.40. The number of para-hydroxylation sites is 2. The number of carbonyl (C=O) groups excluding carboxylic acids is 1. The van der Waals surface area contributed by atoms with E-state index in [1.807, 2.05) is 63.2 Å². The summed E-state index contributed by atoms with van der Waals surface area (Å²) in [5.41, 5.74) is 0.680. The summed E-state index contributed by atoms with van der Waals surface area (Å²) < 4.78 is 16.7. The molecule has 2 aromatic rings. The average Bonchev–Trinajstić information content (AvgIpc) is 3.07. The maximum Gasteiger partial charge on any atom is 0.407 e. The molecule has 3 rings (SSSR count). The molecule has 156 valence electrons. The van der Waals surface area contributed by atoms with E-state index in [9.17, 15) is 4.79 Å². The molecule has 1 aliphatic rings. The van der Waals surface area contributed by atoms with Crippen LogP contribution in [0.1, 0.15) is 32.8 Å². The number of ether oxygens (including phenoxy) is 3. The number of nitrogens with one attached hydrogen (secondary N) is 1. The number of rotatable bonds is 6. The van der Waals surface area contributed by atoms with Gasteiger partial charge in [-0.1, -0.05) is 24.3 Å². The Morgan fingerprint density at radius 2 is 1.90 bits per heavy atom. The van der Waals surface area contributed by atoms with Crippen LogP contribution in [0.5, 0.6) is 17.2 Å². The van der Waals surface area contributed by atoms with Crippen LogP contribution >= 0.6 is 0 Å². The Morgan fingerprint density at radius 1 is 1.14 bits per heavy atom. The molecular weight excluding hydrogens is 368 g/mol. The number of hydrogen-bond acceptors (Lipinski definition) is 5. The van der Waals surface area contributed by atoms with Crippen molar-refractivity contribution in [1.29, 1.82) is 0 Å². The number of carbonyl (C=O) groups is 1. The van der Waals surface area contributed by atoms with Gasteiger partial charge in [0.05, 0.1) is 7.11 Å². The zero-order chi connectivity index (χ0) is 20.9. The van der Waals surface area contributed by atoms with Gasteiger partial charge < -0.3 is 19.5 Å². The summed E-state index contributed by atoms with van der Waals surface area (Å²) in [5.74, 6) is 2.16. The standard InChI is InChI=1S/C23H30N2O4/c1-23(2,3)29-22(26)24-18-12-13-25(16-18)15-17-8-7-9-19(14-17)28-21-11-6-5-10-20(21)27-4/h5-11,14,18H,12-13,15-16H2,1-4H3,(H,24,26). The van der Waals surface area contributed by atoms with E-state index in [-0.39, 0.29) is 12.1 Å². The fraction of sp³-hybridized carbons (Fsp3) is 0.435. The number of nitrogens with zero attached hydrogens (tertiary/aromatic N) is 1. The smallest absolute Gasteiger partial charge is 0.407 e. The van der Waals surface area contributed by atoms with Crippen LogP contribution in [0, 0.1) is 0 Å². The van der Waals surface area contributed by atoms with Gasteiger partial charge in [0.15, 0.2) is 11.5 Å². The van der Waals surface area contributed by atoms with Gasteiger partial charge in [-0.2, -0.15) is 0 Å². The molecule has 0 aromatic heterocycles. The van der Waals surface area contributed by atoms with E-state index in [1.54, 1.807) is 7.11 Å². The van der Waals surface area contributed by atoms with Gasteiger partial charge >= 0.3 is 6.09 Å². The van der Waals surface area contributed by atoms with Crippen molar-refractivity contribution in [2.45, 2.75) is 45.4 Å². The Hall–Kier alpha value is -2.73. The van der Waals surface area contributed by atoms with Crippen LogP contribution in [0.25, 0.3) is 0 Å². The average molecular weight is 399 g/mol. The van der Waals surface area contributed by atoms with Gasteiger partial charge in [0.2, 0.25) is 0 Å². The van der Waals surface area contributed by atoms with E-state index in [4.69, 9.17) is 14.2 Å². The van der Waals surface area contributed by atoms with E-state index >= 15 is 0 Å². The Labute approximate surface area is 172 Å². The second-order valence-electron chi connectivity index (χ2n) is 8.27. The zero-order valence-electron chi connectivity index (χ0n) is 17.6. The van der Waals surface area contributed by atoms with Crippen LogP contribution in [0.3, 0.4) is 0 Å². The fourth-order valence-corrected chi connectivity index (χ4v) is 3.36. The third kappa shape index (κ3) is 6.39. The van der Waals surface area contributed by atoms with E-state index in [1.165, 1.54) is 0 Å². The zero-order valence-corrected chi connectivity index (χ0v) is 17.6.